The van der Waals surface area contributed by atoms with E-state index >= 15 is 0 Å². The number of nitro benzene ring substituents is 1. The number of carbonyl (C=O) groups is 1. The number of aromatic amines is 1. The molecule has 11 heteroatoms. The number of rotatable bonds is 6. The van der Waals surface area contributed by atoms with E-state index in [2.05, 4.69) is 25.7 Å². The first-order valence-corrected chi connectivity index (χ1v) is 8.79. The SMILES string of the molecule is Cc1nc(Sc2ccc(/C=N\NC(=O)c3ccccc3N)cc2[N+](=O)[O-])n[nH]1. The maximum absolute atomic E-state index is 12.1. The molecule has 0 saturated heterocycles. The van der Waals surface area contributed by atoms with Crippen LogP contribution in [0, 0.1) is 17.0 Å². The van der Waals surface area contributed by atoms with Gasteiger partial charge in [-0.25, -0.2) is 10.4 Å². The van der Waals surface area contributed by atoms with E-state index < -0.39 is 10.8 Å². The summed E-state index contributed by atoms with van der Waals surface area (Å²) in [6.45, 7) is 1.74. The van der Waals surface area contributed by atoms with Gasteiger partial charge in [0.2, 0.25) is 5.16 Å². The highest BCUT2D eigenvalue weighted by Crippen LogP contribution is 2.33. The lowest BCUT2D eigenvalue weighted by Crippen LogP contribution is -2.19. The fourth-order valence-electron chi connectivity index (χ4n) is 2.24. The summed E-state index contributed by atoms with van der Waals surface area (Å²) in [6, 6.07) is 11.1. The second-order valence-electron chi connectivity index (χ2n) is 5.58. The van der Waals surface area contributed by atoms with E-state index in [0.717, 1.165) is 11.8 Å². The van der Waals surface area contributed by atoms with Crippen LogP contribution in [0.3, 0.4) is 0 Å². The number of anilines is 1. The average Bonchev–Trinajstić information content (AvgIpc) is 3.07. The van der Waals surface area contributed by atoms with Gasteiger partial charge in [-0.15, -0.1) is 5.10 Å². The molecule has 3 rings (SSSR count). The topological polar surface area (TPSA) is 152 Å². The van der Waals surface area contributed by atoms with Crippen molar-refractivity contribution >= 4 is 35.3 Å². The van der Waals surface area contributed by atoms with Crippen molar-refractivity contribution < 1.29 is 9.72 Å². The molecule has 0 atom stereocenters. The molecule has 0 unspecified atom stereocenters. The number of nitro groups is 1. The van der Waals surface area contributed by atoms with Crippen LogP contribution < -0.4 is 11.2 Å². The molecule has 1 amide bonds. The molecule has 2 aromatic carbocycles. The lowest BCUT2D eigenvalue weighted by atomic mass is 10.2. The largest absolute Gasteiger partial charge is 0.398 e. The molecule has 10 nitrogen and oxygen atoms in total. The number of hydrogen-bond acceptors (Lipinski definition) is 8. The van der Waals surface area contributed by atoms with Crippen LogP contribution in [0.2, 0.25) is 0 Å². The molecule has 0 aliphatic rings. The molecule has 0 fully saturated rings. The zero-order valence-corrected chi connectivity index (χ0v) is 15.4. The number of hydrazone groups is 1. The monoisotopic (exact) mass is 397 g/mol. The number of para-hydroxylation sites is 1. The minimum absolute atomic E-state index is 0.116. The van der Waals surface area contributed by atoms with Gasteiger partial charge in [-0.3, -0.25) is 20.0 Å². The number of amides is 1. The van der Waals surface area contributed by atoms with Crippen molar-refractivity contribution in [2.45, 2.75) is 17.0 Å². The maximum Gasteiger partial charge on any atom is 0.283 e. The van der Waals surface area contributed by atoms with Gasteiger partial charge < -0.3 is 5.73 Å². The van der Waals surface area contributed by atoms with Crippen LogP contribution in [0.4, 0.5) is 11.4 Å². The van der Waals surface area contributed by atoms with E-state index in [1.807, 2.05) is 0 Å². The van der Waals surface area contributed by atoms with Gasteiger partial charge in [0.05, 0.1) is 21.6 Å². The number of carbonyl (C=O) groups excluding carboxylic acids is 1. The Morgan fingerprint density at radius 3 is 2.82 bits per heavy atom. The maximum atomic E-state index is 12.1. The Hall–Kier alpha value is -3.73. The molecule has 0 aliphatic heterocycles. The van der Waals surface area contributed by atoms with Crippen LogP contribution in [0.15, 0.2) is 57.6 Å². The number of hydrogen-bond donors (Lipinski definition) is 3. The van der Waals surface area contributed by atoms with E-state index in [1.165, 1.54) is 12.3 Å². The third-order valence-electron chi connectivity index (χ3n) is 3.54. The Bertz CT molecular complexity index is 1060. The third kappa shape index (κ3) is 4.51. The van der Waals surface area contributed by atoms with Crippen LogP contribution in [-0.4, -0.2) is 32.2 Å². The van der Waals surface area contributed by atoms with Gasteiger partial charge in [-0.05, 0) is 36.9 Å². The van der Waals surface area contributed by atoms with E-state index in [1.54, 1.807) is 43.3 Å². The Balaban J connectivity index is 1.74. The van der Waals surface area contributed by atoms with Crippen LogP contribution in [0.1, 0.15) is 21.7 Å². The average molecular weight is 397 g/mol. The summed E-state index contributed by atoms with van der Waals surface area (Å²) in [7, 11) is 0. The quantitative estimate of drug-likeness (QED) is 0.250. The van der Waals surface area contributed by atoms with Crippen LogP contribution in [0.5, 0.6) is 0 Å². The number of nitrogens with two attached hydrogens (primary N) is 1. The molecule has 0 saturated carbocycles. The number of nitrogen functional groups attached to an aromatic ring is 1. The third-order valence-corrected chi connectivity index (χ3v) is 4.47. The van der Waals surface area contributed by atoms with Crippen LogP contribution in [-0.2, 0) is 0 Å². The molecule has 28 heavy (non-hydrogen) atoms. The van der Waals surface area contributed by atoms with Crippen molar-refractivity contribution in [3.8, 4) is 0 Å². The van der Waals surface area contributed by atoms with Gasteiger partial charge in [0.15, 0.2) is 0 Å². The van der Waals surface area contributed by atoms with Gasteiger partial charge >= 0.3 is 0 Å². The minimum atomic E-state index is -0.498. The second kappa shape index (κ2) is 8.31. The number of aryl methyl sites for hydroxylation is 1. The van der Waals surface area contributed by atoms with E-state index in [9.17, 15) is 14.9 Å². The second-order valence-corrected chi connectivity index (χ2v) is 6.59. The molecule has 4 N–H and O–H groups in total. The van der Waals surface area contributed by atoms with Crippen molar-refractivity contribution in [3.63, 3.8) is 0 Å². The molecular formula is C17H15N7O3S. The summed E-state index contributed by atoms with van der Waals surface area (Å²) in [5.74, 6) is 0.139. The number of benzene rings is 2. The van der Waals surface area contributed by atoms with E-state index in [4.69, 9.17) is 5.73 Å². The normalized spacial score (nSPS) is 10.9. The lowest BCUT2D eigenvalue weighted by Gasteiger charge is -2.03. The number of H-pyrrole nitrogens is 1. The standard InChI is InChI=1S/C17H15N7O3S/c1-10-20-17(23-21-10)28-15-7-6-11(8-14(15)24(26)27)9-19-22-16(25)12-4-2-3-5-13(12)18/h2-9H,18H2,1H3,(H,22,25)(H,20,21,23)/b19-9-. The highest BCUT2D eigenvalue weighted by atomic mass is 32.2. The smallest absolute Gasteiger partial charge is 0.283 e. The Labute approximate surface area is 163 Å². The summed E-state index contributed by atoms with van der Waals surface area (Å²) >= 11 is 1.08. The van der Waals surface area contributed by atoms with Crippen LogP contribution >= 0.6 is 11.8 Å². The van der Waals surface area contributed by atoms with E-state index in [0.29, 0.717) is 32.7 Å². The molecule has 1 heterocycles. The molecule has 142 valence electrons. The molecule has 0 spiro atoms. The van der Waals surface area contributed by atoms with Crippen LogP contribution in [0.25, 0.3) is 0 Å². The van der Waals surface area contributed by atoms with E-state index in [-0.39, 0.29) is 5.69 Å². The molecule has 0 aliphatic carbocycles. The fraction of sp³-hybridized carbons (Fsp3) is 0.0588. The molecule has 0 bridgehead atoms. The Morgan fingerprint density at radius 2 is 2.14 bits per heavy atom. The zero-order chi connectivity index (χ0) is 20.1. The zero-order valence-electron chi connectivity index (χ0n) is 14.6. The van der Waals surface area contributed by atoms with Crippen molar-refractivity contribution in [2.75, 3.05) is 5.73 Å². The Morgan fingerprint density at radius 1 is 1.36 bits per heavy atom. The fourth-order valence-corrected chi connectivity index (χ4v) is 3.08. The van der Waals surface area contributed by atoms with Gasteiger partial charge in [0.25, 0.3) is 11.6 Å². The summed E-state index contributed by atoms with van der Waals surface area (Å²) in [5.41, 5.74) is 9.03. The molecule has 1 aromatic heterocycles. The number of nitrogens with zero attached hydrogens (tertiary/aromatic N) is 4. The van der Waals surface area contributed by atoms with Gasteiger partial charge in [-0.1, -0.05) is 18.2 Å². The first-order valence-electron chi connectivity index (χ1n) is 7.97. The Kier molecular flexibility index (Phi) is 5.65. The number of nitrogens with one attached hydrogen (secondary N) is 2. The highest BCUT2D eigenvalue weighted by Gasteiger charge is 2.17. The predicted molar refractivity (Wildman–Crippen MR) is 104 cm³/mol. The van der Waals surface area contributed by atoms with Crippen molar-refractivity contribution in [3.05, 3.63) is 69.5 Å². The van der Waals surface area contributed by atoms with Gasteiger partial charge in [-0.2, -0.15) is 5.10 Å². The highest BCUT2D eigenvalue weighted by molar-refractivity contribution is 7.99. The molecule has 0 radical (unpaired) electrons. The lowest BCUT2D eigenvalue weighted by molar-refractivity contribution is -0.387. The van der Waals surface area contributed by atoms with Gasteiger partial charge in [0.1, 0.15) is 5.82 Å². The summed E-state index contributed by atoms with van der Waals surface area (Å²) in [6.07, 6.45) is 1.31. The van der Waals surface area contributed by atoms with Crippen molar-refractivity contribution in [2.24, 2.45) is 5.10 Å². The number of aromatic nitrogens is 3. The van der Waals surface area contributed by atoms with Gasteiger partial charge in [0, 0.05) is 17.3 Å². The summed E-state index contributed by atoms with van der Waals surface area (Å²) in [4.78, 5) is 27.5. The molecular weight excluding hydrogens is 382 g/mol. The predicted octanol–water partition coefficient (Wildman–Crippen LogP) is 2.52. The first-order chi connectivity index (χ1) is 13.4. The summed E-state index contributed by atoms with van der Waals surface area (Å²) < 4.78 is 0. The first kappa shape index (κ1) is 19.0. The van der Waals surface area contributed by atoms with Crippen molar-refractivity contribution in [1.29, 1.82) is 0 Å². The van der Waals surface area contributed by atoms with Crippen molar-refractivity contribution in [1.82, 2.24) is 20.6 Å². The molecule has 3 aromatic rings. The summed E-state index contributed by atoms with van der Waals surface area (Å²) in [5, 5.41) is 22.3. The minimum Gasteiger partial charge on any atom is -0.398 e.